The van der Waals surface area contributed by atoms with Gasteiger partial charge in [-0.3, -0.25) is 4.90 Å². The molecular formula is C25H30F3N5O2. The van der Waals surface area contributed by atoms with Gasteiger partial charge in [0.1, 0.15) is 11.6 Å². The molecule has 188 valence electrons. The summed E-state index contributed by atoms with van der Waals surface area (Å²) in [5, 5.41) is 3.14. The van der Waals surface area contributed by atoms with Crippen LogP contribution in [0.1, 0.15) is 29.5 Å². The topological polar surface area (TPSA) is 60.9 Å². The van der Waals surface area contributed by atoms with Crippen molar-refractivity contribution in [2.75, 3.05) is 50.8 Å². The summed E-state index contributed by atoms with van der Waals surface area (Å²) in [6, 6.07) is 8.90. The monoisotopic (exact) mass is 489 g/mol. The van der Waals surface area contributed by atoms with Crippen molar-refractivity contribution in [3.8, 4) is 5.75 Å². The number of piperidine rings is 1. The van der Waals surface area contributed by atoms with Crippen LogP contribution in [0.2, 0.25) is 0 Å². The third-order valence-corrected chi connectivity index (χ3v) is 7.04. The molecule has 35 heavy (non-hydrogen) atoms. The zero-order valence-electron chi connectivity index (χ0n) is 19.6. The molecule has 2 aromatic rings. The molecule has 5 rings (SSSR count). The first-order valence-corrected chi connectivity index (χ1v) is 12.2. The van der Waals surface area contributed by atoms with Crippen molar-refractivity contribution in [3.63, 3.8) is 0 Å². The molecule has 4 heterocycles. The molecule has 0 radical (unpaired) electrons. The van der Waals surface area contributed by atoms with Crippen molar-refractivity contribution in [2.45, 2.75) is 38.0 Å². The van der Waals surface area contributed by atoms with Gasteiger partial charge in [-0.05, 0) is 42.2 Å². The predicted molar refractivity (Wildman–Crippen MR) is 125 cm³/mol. The summed E-state index contributed by atoms with van der Waals surface area (Å²) < 4.78 is 43.8. The highest BCUT2D eigenvalue weighted by atomic mass is 19.4. The van der Waals surface area contributed by atoms with Crippen LogP contribution in [0.4, 0.5) is 23.8 Å². The van der Waals surface area contributed by atoms with Crippen LogP contribution in [0.5, 0.6) is 5.75 Å². The molecule has 2 fully saturated rings. The van der Waals surface area contributed by atoms with Crippen molar-refractivity contribution in [1.82, 2.24) is 20.1 Å². The number of hydrogen-bond donors (Lipinski definition) is 1. The quantitative estimate of drug-likeness (QED) is 0.712. The van der Waals surface area contributed by atoms with E-state index in [4.69, 9.17) is 4.74 Å². The Morgan fingerprint density at radius 3 is 2.51 bits per heavy atom. The lowest BCUT2D eigenvalue weighted by Gasteiger charge is -2.37. The van der Waals surface area contributed by atoms with Crippen molar-refractivity contribution >= 4 is 11.8 Å². The smallest absolute Gasteiger partial charge is 0.417 e. The van der Waals surface area contributed by atoms with Gasteiger partial charge in [0.05, 0.1) is 12.2 Å². The molecule has 1 aromatic heterocycles. The van der Waals surface area contributed by atoms with E-state index in [2.05, 4.69) is 33.4 Å². The number of amides is 2. The first-order valence-electron chi connectivity index (χ1n) is 12.2. The Labute approximate surface area is 202 Å². The first-order chi connectivity index (χ1) is 16.8. The van der Waals surface area contributed by atoms with E-state index >= 15 is 0 Å². The van der Waals surface area contributed by atoms with Crippen LogP contribution in [-0.4, -0.2) is 72.7 Å². The van der Waals surface area contributed by atoms with Gasteiger partial charge in [0.2, 0.25) is 0 Å². The summed E-state index contributed by atoms with van der Waals surface area (Å²) >= 11 is 0. The summed E-state index contributed by atoms with van der Waals surface area (Å²) in [5.74, 6) is 1.53. The van der Waals surface area contributed by atoms with E-state index in [-0.39, 0.29) is 12.1 Å². The number of anilines is 1. The zero-order valence-corrected chi connectivity index (χ0v) is 19.6. The number of halogens is 3. The standard InChI is InChI=1S/C25H30F3N5O2/c26-25(27,28)20-2-4-23(29-16-20)32-8-5-21(6-9-32)30-24(34)33-12-10-31(11-13-33)17-18-1-3-22-19(15-18)7-14-35-22/h1-4,15-16,21H,5-14,17H2,(H,30,34). The average molecular weight is 490 g/mol. The van der Waals surface area contributed by atoms with Crippen molar-refractivity contribution in [2.24, 2.45) is 0 Å². The number of piperazine rings is 1. The van der Waals surface area contributed by atoms with Gasteiger partial charge >= 0.3 is 12.2 Å². The number of carbonyl (C=O) groups excluding carboxylic acids is 1. The molecule has 1 N–H and O–H groups in total. The van der Waals surface area contributed by atoms with E-state index in [1.165, 1.54) is 17.2 Å². The Morgan fingerprint density at radius 2 is 1.83 bits per heavy atom. The molecule has 0 bridgehead atoms. The lowest BCUT2D eigenvalue weighted by atomic mass is 10.1. The molecule has 0 atom stereocenters. The minimum absolute atomic E-state index is 0.0366. The van der Waals surface area contributed by atoms with Gasteiger partial charge in [-0.15, -0.1) is 0 Å². The van der Waals surface area contributed by atoms with Gasteiger partial charge in [-0.1, -0.05) is 12.1 Å². The molecule has 0 spiro atoms. The van der Waals surface area contributed by atoms with E-state index in [9.17, 15) is 18.0 Å². The first kappa shape index (κ1) is 23.7. The number of alkyl halides is 3. The Bertz CT molecular complexity index is 1030. The Kier molecular flexibility index (Phi) is 6.73. The summed E-state index contributed by atoms with van der Waals surface area (Å²) in [7, 11) is 0. The number of pyridine rings is 1. The number of benzene rings is 1. The maximum Gasteiger partial charge on any atom is 0.417 e. The third-order valence-electron chi connectivity index (χ3n) is 7.04. The van der Waals surface area contributed by atoms with E-state index in [1.54, 1.807) is 0 Å². The SMILES string of the molecule is O=C(NC1CCN(c2ccc(C(F)(F)F)cn2)CC1)N1CCN(Cc2ccc3c(c2)CCO3)CC1. The molecule has 2 saturated heterocycles. The van der Waals surface area contributed by atoms with Crippen molar-refractivity contribution in [1.29, 1.82) is 0 Å². The van der Waals surface area contributed by atoms with E-state index in [0.717, 1.165) is 63.5 Å². The van der Waals surface area contributed by atoms with Crippen LogP contribution in [0.25, 0.3) is 0 Å². The molecule has 2 amide bonds. The fourth-order valence-corrected chi connectivity index (χ4v) is 4.97. The molecule has 0 saturated carbocycles. The lowest BCUT2D eigenvalue weighted by molar-refractivity contribution is -0.137. The highest BCUT2D eigenvalue weighted by molar-refractivity contribution is 5.74. The average Bonchev–Trinajstić information content (AvgIpc) is 3.32. The van der Waals surface area contributed by atoms with Gasteiger partial charge in [0, 0.05) is 64.5 Å². The van der Waals surface area contributed by atoms with E-state index in [1.807, 2.05) is 9.80 Å². The number of fused-ring (bicyclic) bond motifs is 1. The van der Waals surface area contributed by atoms with Crippen LogP contribution in [0.15, 0.2) is 36.5 Å². The van der Waals surface area contributed by atoms with Gasteiger partial charge in [-0.2, -0.15) is 13.2 Å². The number of nitrogens with zero attached hydrogens (tertiary/aromatic N) is 4. The molecule has 0 unspecified atom stereocenters. The molecule has 7 nitrogen and oxygen atoms in total. The molecule has 3 aliphatic heterocycles. The Morgan fingerprint density at radius 1 is 1.06 bits per heavy atom. The number of urea groups is 1. The second kappa shape index (κ2) is 9.93. The van der Waals surface area contributed by atoms with Crippen LogP contribution >= 0.6 is 0 Å². The van der Waals surface area contributed by atoms with Crippen LogP contribution < -0.4 is 15.0 Å². The van der Waals surface area contributed by atoms with E-state index in [0.29, 0.717) is 32.0 Å². The minimum Gasteiger partial charge on any atom is -0.493 e. The van der Waals surface area contributed by atoms with Gasteiger partial charge < -0.3 is 19.9 Å². The van der Waals surface area contributed by atoms with Gasteiger partial charge in [0.25, 0.3) is 0 Å². The van der Waals surface area contributed by atoms with Crippen molar-refractivity contribution < 1.29 is 22.7 Å². The van der Waals surface area contributed by atoms with Crippen LogP contribution in [0.3, 0.4) is 0 Å². The number of rotatable bonds is 4. The van der Waals surface area contributed by atoms with Crippen LogP contribution in [0, 0.1) is 0 Å². The van der Waals surface area contributed by atoms with Gasteiger partial charge in [0.15, 0.2) is 0 Å². The number of ether oxygens (including phenoxy) is 1. The molecular weight excluding hydrogens is 459 g/mol. The van der Waals surface area contributed by atoms with Crippen molar-refractivity contribution in [3.05, 3.63) is 53.2 Å². The van der Waals surface area contributed by atoms with E-state index < -0.39 is 11.7 Å². The Balaban J connectivity index is 1.04. The summed E-state index contributed by atoms with van der Waals surface area (Å²) in [6.45, 7) is 5.96. The fourth-order valence-electron chi connectivity index (χ4n) is 4.97. The largest absolute Gasteiger partial charge is 0.493 e. The number of nitrogens with one attached hydrogen (secondary N) is 1. The highest BCUT2D eigenvalue weighted by Crippen LogP contribution is 2.30. The maximum atomic E-state index is 12.8. The zero-order chi connectivity index (χ0) is 24.4. The second-order valence-electron chi connectivity index (χ2n) is 9.42. The fraction of sp³-hybridized carbons (Fsp3) is 0.520. The number of aromatic nitrogens is 1. The summed E-state index contributed by atoms with van der Waals surface area (Å²) in [6.07, 6.45) is -1.07. The van der Waals surface area contributed by atoms with Gasteiger partial charge in [-0.25, -0.2) is 9.78 Å². The lowest BCUT2D eigenvalue weighted by Crippen LogP contribution is -2.54. The molecule has 10 heteroatoms. The third kappa shape index (κ3) is 5.63. The summed E-state index contributed by atoms with van der Waals surface area (Å²) in [4.78, 5) is 23.0. The molecule has 1 aromatic carbocycles. The predicted octanol–water partition coefficient (Wildman–Crippen LogP) is 3.53. The Hall–Kier alpha value is -3.01. The van der Waals surface area contributed by atoms with Crippen LogP contribution in [-0.2, 0) is 19.1 Å². The number of carbonyl (C=O) groups is 1. The minimum atomic E-state index is -4.38. The molecule has 0 aliphatic carbocycles. The maximum absolute atomic E-state index is 12.8. The second-order valence-corrected chi connectivity index (χ2v) is 9.42. The number of hydrogen-bond acceptors (Lipinski definition) is 5. The highest BCUT2D eigenvalue weighted by Gasteiger charge is 2.31. The molecule has 3 aliphatic rings. The summed E-state index contributed by atoms with van der Waals surface area (Å²) in [5.41, 5.74) is 1.81. The normalized spacial score (nSPS) is 19.4.